The molecule has 3 N–H and O–H groups in total. The van der Waals surface area contributed by atoms with E-state index >= 15 is 0 Å². The minimum atomic E-state index is -4.21. The number of hydrogen-bond acceptors (Lipinski definition) is 22. The van der Waals surface area contributed by atoms with Crippen LogP contribution in [-0.4, -0.2) is 139 Å². The normalized spacial score (nSPS) is 23.7. The molecular formula is C60H55N11O15P2S. The van der Waals surface area contributed by atoms with Gasteiger partial charge in [-0.25, -0.2) is 29.9 Å². The molecule has 4 aromatic heterocycles. The van der Waals surface area contributed by atoms with E-state index in [9.17, 15) is 24.3 Å². The Morgan fingerprint density at radius 3 is 1.63 bits per heavy atom. The average molecular weight is 1260 g/mol. The Bertz CT molecular complexity index is 4130. The summed E-state index contributed by atoms with van der Waals surface area (Å²) in [5, 5.41) is 15.5. The van der Waals surface area contributed by atoms with Crippen molar-refractivity contribution in [3.8, 4) is 17.6 Å². The predicted molar refractivity (Wildman–Crippen MR) is 320 cm³/mol. The Balaban J connectivity index is 0.864. The monoisotopic (exact) mass is 1260 g/mol. The molecule has 0 aliphatic carbocycles. The highest BCUT2D eigenvalue weighted by atomic mass is 32.5. The molecule has 4 fully saturated rings. The van der Waals surface area contributed by atoms with Crippen molar-refractivity contribution in [1.82, 2.24) is 39.0 Å². The predicted octanol–water partition coefficient (Wildman–Crippen LogP) is 7.85. The summed E-state index contributed by atoms with van der Waals surface area (Å²) in [6.07, 6.45) is -1.46. The SMILES string of the molecule is COc1ccc(C(OC[C@@]23CO[C@@H]([C@H](n4cnc5c(NC(=O)c6ccccc6)ncnc54)O2)[C@@H]3OP(=S)(OCCC#N)OC[C@@]23CO[C@@H]([C@H](n4cnc5c(NC(=O)c6ccccc6)ncnc54)O2)[C@@H]3O[PH](=O)O)(c2ccccc2)c2ccc(OC)cc2)cc1. The van der Waals surface area contributed by atoms with Gasteiger partial charge in [0.25, 0.3) is 11.8 Å². The van der Waals surface area contributed by atoms with Gasteiger partial charge in [-0.2, -0.15) is 5.26 Å². The Hall–Kier alpha value is -8.29. The number of amides is 2. The number of carbonyl (C=O) groups is 2. The van der Waals surface area contributed by atoms with Crippen LogP contribution in [0.25, 0.3) is 22.3 Å². The summed E-state index contributed by atoms with van der Waals surface area (Å²) in [7, 11) is -0.518. The minimum absolute atomic E-state index is 0.114. The summed E-state index contributed by atoms with van der Waals surface area (Å²) >= 11 is 6.38. The van der Waals surface area contributed by atoms with Crippen molar-refractivity contribution in [3.63, 3.8) is 0 Å². The van der Waals surface area contributed by atoms with Gasteiger partial charge in [-0.3, -0.25) is 27.8 Å². The lowest BCUT2D eigenvalue weighted by atomic mass is 9.79. The van der Waals surface area contributed by atoms with Crippen molar-refractivity contribution >= 4 is 72.6 Å². The second-order valence-electron chi connectivity index (χ2n) is 21.0. The Morgan fingerprint density at radius 2 is 1.15 bits per heavy atom. The maximum absolute atomic E-state index is 13.5. The van der Waals surface area contributed by atoms with E-state index in [2.05, 4.69) is 46.6 Å². The van der Waals surface area contributed by atoms with E-state index in [1.54, 1.807) is 79.5 Å². The number of aromatic nitrogens is 8. The topological polar surface area (TPSA) is 308 Å². The van der Waals surface area contributed by atoms with Gasteiger partial charge in [-0.1, -0.05) is 91.0 Å². The van der Waals surface area contributed by atoms with Gasteiger partial charge >= 0.3 is 15.0 Å². The molecule has 9 aromatic rings. The molecule has 4 aliphatic heterocycles. The number of imidazole rings is 2. The third-order valence-corrected chi connectivity index (χ3v) is 18.6. The van der Waals surface area contributed by atoms with Gasteiger partial charge in [0.05, 0.1) is 72.4 Å². The molecule has 2 unspecified atom stereocenters. The number of hydrogen-bond donors (Lipinski definition) is 3. The Kier molecular flexibility index (Phi) is 16.7. The lowest BCUT2D eigenvalue weighted by molar-refractivity contribution is -0.202. The lowest BCUT2D eigenvalue weighted by Gasteiger charge is -2.40. The fraction of sp³-hybridized carbons (Fsp3) is 0.283. The summed E-state index contributed by atoms with van der Waals surface area (Å²) < 4.78 is 87.9. The third-order valence-electron chi connectivity index (χ3n) is 15.9. The smallest absolute Gasteiger partial charge is 0.327 e. The van der Waals surface area contributed by atoms with Crippen LogP contribution < -0.4 is 20.1 Å². The molecule has 4 bridgehead atoms. The van der Waals surface area contributed by atoms with Crippen LogP contribution in [0.1, 0.15) is 56.3 Å². The molecule has 4 saturated heterocycles. The standard InChI is InChI=1S/C60H55N11O15P2S/c1-76-42-23-19-40(20-24-42)60(39-17-10-5-11-18-39,41-21-25-43(77-2)26-22-41)80-31-58-29-79-47(57(83-58)71-36-67-45-51(63-34-65-53(45)71)69-55(73)38-15-8-4-9-16-38)49(58)86-88(89,81-28-12-27-61)82-32-59-30-78-46(48(59)85-87(74)75)56(84-59)70-35-66-44-50(62-33-64-52(44)70)68-54(72)37-13-6-3-7-14-37/h3-11,13-26,33-36,46-49,56-57,87H,12,28-32H2,1-2H3,(H,74,75)(H,62,64,68,72)(H,63,65,69,73)/t46-,47-,48+,49+,56-,57-,58-,59-,88?/m1/s1. The first-order valence-corrected chi connectivity index (χ1v) is 31.7. The first-order valence-electron chi connectivity index (χ1n) is 27.9. The van der Waals surface area contributed by atoms with Crippen LogP contribution in [0.15, 0.2) is 165 Å². The zero-order valence-corrected chi connectivity index (χ0v) is 50.0. The van der Waals surface area contributed by atoms with Gasteiger partial charge in [-0.05, 0) is 77.0 Å². The number of carbonyl (C=O) groups excluding carboxylic acids is 2. The molecule has 8 heterocycles. The van der Waals surface area contributed by atoms with Crippen molar-refractivity contribution in [2.24, 2.45) is 0 Å². The number of fused-ring (bicyclic) bond motifs is 6. The highest BCUT2D eigenvalue weighted by Gasteiger charge is 2.67. The molecular weight excluding hydrogens is 1210 g/mol. The van der Waals surface area contributed by atoms with Gasteiger partial charge in [0.1, 0.15) is 65.4 Å². The van der Waals surface area contributed by atoms with Gasteiger partial charge < -0.3 is 62.3 Å². The van der Waals surface area contributed by atoms with Crippen molar-refractivity contribution in [2.75, 3.05) is 57.9 Å². The second kappa shape index (κ2) is 24.9. The van der Waals surface area contributed by atoms with Gasteiger partial charge in [0.2, 0.25) is 0 Å². The maximum Gasteiger partial charge on any atom is 0.327 e. The van der Waals surface area contributed by atoms with Crippen LogP contribution >= 0.6 is 15.0 Å². The molecule has 89 heavy (non-hydrogen) atoms. The van der Waals surface area contributed by atoms with E-state index in [0.717, 1.165) is 5.56 Å². The summed E-state index contributed by atoms with van der Waals surface area (Å²) in [4.78, 5) is 64.1. The fourth-order valence-electron chi connectivity index (χ4n) is 11.6. The van der Waals surface area contributed by atoms with Crippen LogP contribution in [0.2, 0.25) is 0 Å². The van der Waals surface area contributed by atoms with Crippen LogP contribution in [0.3, 0.4) is 0 Å². The summed E-state index contributed by atoms with van der Waals surface area (Å²) in [5.41, 5.74) is -0.761. The molecule has 26 nitrogen and oxygen atoms in total. The van der Waals surface area contributed by atoms with Crippen LogP contribution in [-0.2, 0) is 63.8 Å². The number of ether oxygens (including phenoxy) is 7. The number of rotatable bonds is 24. The highest BCUT2D eigenvalue weighted by Crippen LogP contribution is 2.61. The molecule has 13 rings (SSSR count). The molecule has 0 spiro atoms. The fourth-order valence-corrected chi connectivity index (χ4v) is 14.3. The second-order valence-corrected chi connectivity index (χ2v) is 24.7. The summed E-state index contributed by atoms with van der Waals surface area (Å²) in [5.74, 6) is 0.611. The zero-order valence-electron chi connectivity index (χ0n) is 47.3. The molecule has 456 valence electrons. The molecule has 0 radical (unpaired) electrons. The summed E-state index contributed by atoms with van der Waals surface area (Å²) in [6, 6.07) is 44.0. The molecule has 29 heteroatoms. The van der Waals surface area contributed by atoms with E-state index in [1.807, 2.05) is 78.9 Å². The molecule has 10 atom stereocenters. The van der Waals surface area contributed by atoms with Crippen LogP contribution in [0.4, 0.5) is 11.6 Å². The maximum atomic E-state index is 13.5. The number of anilines is 2. The minimum Gasteiger partial charge on any atom is -0.497 e. The lowest BCUT2D eigenvalue weighted by Crippen LogP contribution is -2.49. The van der Waals surface area contributed by atoms with Crippen molar-refractivity contribution in [3.05, 3.63) is 193 Å². The third kappa shape index (κ3) is 11.3. The summed E-state index contributed by atoms with van der Waals surface area (Å²) in [6.45, 7) is -5.60. The van der Waals surface area contributed by atoms with Crippen molar-refractivity contribution in [1.29, 1.82) is 5.26 Å². The van der Waals surface area contributed by atoms with E-state index in [0.29, 0.717) is 33.8 Å². The Morgan fingerprint density at radius 1 is 0.674 bits per heavy atom. The molecule has 0 saturated carbocycles. The van der Waals surface area contributed by atoms with E-state index in [1.165, 1.54) is 29.9 Å². The van der Waals surface area contributed by atoms with Crippen LogP contribution in [0.5, 0.6) is 11.5 Å². The average Bonchev–Trinajstić information content (AvgIpc) is 1.64. The molecule has 4 aliphatic rings. The van der Waals surface area contributed by atoms with E-state index in [4.69, 9.17) is 63.1 Å². The quantitative estimate of drug-likeness (QED) is 0.0294. The zero-order chi connectivity index (χ0) is 61.3. The van der Waals surface area contributed by atoms with Crippen molar-refractivity contribution in [2.45, 2.75) is 60.1 Å². The van der Waals surface area contributed by atoms with E-state index in [-0.39, 0.29) is 66.8 Å². The number of benzene rings is 5. The first kappa shape index (κ1) is 59.7. The van der Waals surface area contributed by atoms with E-state index < -0.39 is 87.1 Å². The van der Waals surface area contributed by atoms with Gasteiger partial charge in [0.15, 0.2) is 46.4 Å². The van der Waals surface area contributed by atoms with Gasteiger partial charge in [0, 0.05) is 11.1 Å². The molecule has 2 amide bonds. The van der Waals surface area contributed by atoms with Crippen LogP contribution in [0, 0.1) is 11.3 Å². The highest BCUT2D eigenvalue weighted by molar-refractivity contribution is 8.07. The molecule has 5 aromatic carbocycles. The number of nitrogens with zero attached hydrogens (tertiary/aromatic N) is 9. The number of methoxy groups -OCH3 is 2. The van der Waals surface area contributed by atoms with Crippen molar-refractivity contribution < 1.29 is 70.3 Å². The first-order chi connectivity index (χ1) is 43.4. The Labute approximate surface area is 513 Å². The van der Waals surface area contributed by atoms with Gasteiger partial charge in [-0.15, -0.1) is 0 Å². The largest absolute Gasteiger partial charge is 0.497 e. The number of nitrogens with one attached hydrogen (secondary N) is 2. The number of nitriles is 1.